The van der Waals surface area contributed by atoms with Crippen LogP contribution in [0.15, 0.2) is 18.2 Å². The van der Waals surface area contributed by atoms with E-state index in [0.717, 1.165) is 5.56 Å². The summed E-state index contributed by atoms with van der Waals surface area (Å²) in [5.74, 6) is 0. The van der Waals surface area contributed by atoms with Crippen LogP contribution < -0.4 is 5.73 Å². The Bertz CT molecular complexity index is 475. The van der Waals surface area contributed by atoms with Crippen LogP contribution in [0, 0.1) is 0 Å². The summed E-state index contributed by atoms with van der Waals surface area (Å²) in [5, 5.41) is 9.43. The summed E-state index contributed by atoms with van der Waals surface area (Å²) in [4.78, 5) is 10.0. The Kier molecular flexibility index (Phi) is 6.21. The summed E-state index contributed by atoms with van der Waals surface area (Å²) in [7, 11) is 0. The molecule has 1 aliphatic carbocycles. The van der Waals surface area contributed by atoms with Gasteiger partial charge in [0.25, 0.3) is 0 Å². The molecule has 3 N–H and O–H groups in total. The van der Waals surface area contributed by atoms with Gasteiger partial charge in [0.05, 0.1) is 6.10 Å². The molecular weight excluding hydrogens is 266 g/mol. The number of fused-ring (bicyclic) bond motifs is 1. The molecule has 0 spiro atoms. The van der Waals surface area contributed by atoms with E-state index in [-0.39, 0.29) is 6.10 Å². The molecule has 118 valence electrons. The van der Waals surface area contributed by atoms with Gasteiger partial charge in [0.2, 0.25) is 0 Å². The molecule has 1 aliphatic rings. The molecule has 21 heavy (non-hydrogen) atoms. The Hall–Kier alpha value is -1.55. The molecule has 0 aromatic heterocycles. The average Bonchev–Trinajstić information content (AvgIpc) is 2.35. The Morgan fingerprint density at radius 2 is 1.81 bits per heavy atom. The second-order valence-electron chi connectivity index (χ2n) is 6.44. The SMILES string of the molecule is CC(C)(C)OC(N)=O.CC(O)c1ccc2c(c1)CCCC2. The molecule has 1 aromatic carbocycles. The zero-order chi connectivity index (χ0) is 16.0. The number of hydrogen-bond acceptors (Lipinski definition) is 3. The zero-order valence-corrected chi connectivity index (χ0v) is 13.5. The van der Waals surface area contributed by atoms with Crippen molar-refractivity contribution in [2.24, 2.45) is 5.73 Å². The second kappa shape index (κ2) is 7.46. The predicted octanol–water partition coefficient (Wildman–Crippen LogP) is 3.50. The van der Waals surface area contributed by atoms with E-state index in [0.29, 0.717) is 0 Å². The molecular formula is C17H27NO3. The van der Waals surface area contributed by atoms with Crippen molar-refractivity contribution in [3.63, 3.8) is 0 Å². The highest BCUT2D eigenvalue weighted by atomic mass is 16.6. The van der Waals surface area contributed by atoms with E-state index in [2.05, 4.69) is 22.9 Å². The van der Waals surface area contributed by atoms with E-state index < -0.39 is 11.7 Å². The van der Waals surface area contributed by atoms with Crippen molar-refractivity contribution in [3.8, 4) is 0 Å². The van der Waals surface area contributed by atoms with Gasteiger partial charge in [0.15, 0.2) is 0 Å². The number of benzene rings is 1. The Balaban J connectivity index is 0.000000240. The van der Waals surface area contributed by atoms with Gasteiger partial charge >= 0.3 is 6.09 Å². The molecule has 0 radical (unpaired) electrons. The van der Waals surface area contributed by atoms with Gasteiger partial charge in [-0.1, -0.05) is 18.2 Å². The highest BCUT2D eigenvalue weighted by molar-refractivity contribution is 5.65. The smallest absolute Gasteiger partial charge is 0.405 e. The van der Waals surface area contributed by atoms with Crippen LogP contribution in [-0.4, -0.2) is 16.8 Å². The minimum atomic E-state index is -0.725. The maximum atomic E-state index is 10.0. The summed E-state index contributed by atoms with van der Waals surface area (Å²) in [6.07, 6.45) is 3.98. The first-order valence-electron chi connectivity index (χ1n) is 7.47. The van der Waals surface area contributed by atoms with Crippen molar-refractivity contribution in [1.82, 2.24) is 0 Å². The van der Waals surface area contributed by atoms with Crippen molar-refractivity contribution in [2.45, 2.75) is 65.1 Å². The van der Waals surface area contributed by atoms with Crippen LogP contribution in [-0.2, 0) is 17.6 Å². The fourth-order valence-corrected chi connectivity index (χ4v) is 2.32. The summed E-state index contributed by atoms with van der Waals surface area (Å²) in [6.45, 7) is 7.11. The molecule has 0 bridgehead atoms. The van der Waals surface area contributed by atoms with Crippen LogP contribution >= 0.6 is 0 Å². The van der Waals surface area contributed by atoms with Gasteiger partial charge in [0.1, 0.15) is 5.60 Å². The van der Waals surface area contributed by atoms with E-state index in [1.54, 1.807) is 20.8 Å². The van der Waals surface area contributed by atoms with Gasteiger partial charge in [-0.15, -0.1) is 0 Å². The lowest BCUT2D eigenvalue weighted by molar-refractivity contribution is 0.0600. The Morgan fingerprint density at radius 1 is 1.24 bits per heavy atom. The van der Waals surface area contributed by atoms with Crippen LogP contribution in [0.3, 0.4) is 0 Å². The third kappa shape index (κ3) is 6.63. The van der Waals surface area contributed by atoms with Crippen LogP contribution in [0.1, 0.15) is 63.3 Å². The van der Waals surface area contributed by atoms with Crippen LogP contribution in [0.25, 0.3) is 0 Å². The molecule has 1 atom stereocenters. The van der Waals surface area contributed by atoms with E-state index in [1.807, 2.05) is 6.92 Å². The molecule has 4 nitrogen and oxygen atoms in total. The van der Waals surface area contributed by atoms with Gasteiger partial charge in [-0.25, -0.2) is 4.79 Å². The Morgan fingerprint density at radius 3 is 2.24 bits per heavy atom. The van der Waals surface area contributed by atoms with Gasteiger partial charge in [-0.3, -0.25) is 0 Å². The number of hydrogen-bond donors (Lipinski definition) is 2. The van der Waals surface area contributed by atoms with E-state index >= 15 is 0 Å². The lowest BCUT2D eigenvalue weighted by Crippen LogP contribution is -2.27. The third-order valence-corrected chi connectivity index (χ3v) is 3.26. The van der Waals surface area contributed by atoms with Crippen molar-refractivity contribution < 1.29 is 14.6 Å². The summed E-state index contributed by atoms with van der Waals surface area (Å²) >= 11 is 0. The number of ether oxygens (including phenoxy) is 1. The van der Waals surface area contributed by atoms with Gasteiger partial charge < -0.3 is 15.6 Å². The first-order chi connectivity index (χ1) is 9.69. The normalized spacial score (nSPS) is 15.3. The molecule has 4 heteroatoms. The van der Waals surface area contributed by atoms with E-state index in [4.69, 9.17) is 5.73 Å². The summed E-state index contributed by atoms with van der Waals surface area (Å²) < 4.78 is 4.58. The minimum absolute atomic E-state index is 0.327. The quantitative estimate of drug-likeness (QED) is 0.832. The molecule has 1 aromatic rings. The van der Waals surface area contributed by atoms with Crippen molar-refractivity contribution in [3.05, 3.63) is 34.9 Å². The molecule has 2 rings (SSSR count). The molecule has 1 unspecified atom stereocenters. The van der Waals surface area contributed by atoms with E-state index in [9.17, 15) is 9.90 Å². The predicted molar refractivity (Wildman–Crippen MR) is 84.1 cm³/mol. The van der Waals surface area contributed by atoms with Crippen molar-refractivity contribution in [2.75, 3.05) is 0 Å². The first kappa shape index (κ1) is 17.5. The topological polar surface area (TPSA) is 72.5 Å². The maximum Gasteiger partial charge on any atom is 0.405 e. The Labute approximate surface area is 127 Å². The maximum absolute atomic E-state index is 10.0. The number of aliphatic hydroxyl groups excluding tert-OH is 1. The van der Waals surface area contributed by atoms with Gasteiger partial charge in [-0.2, -0.15) is 0 Å². The lowest BCUT2D eigenvalue weighted by Gasteiger charge is -2.17. The third-order valence-electron chi connectivity index (χ3n) is 3.26. The molecule has 1 amide bonds. The van der Waals surface area contributed by atoms with Crippen molar-refractivity contribution in [1.29, 1.82) is 0 Å². The number of carbonyl (C=O) groups is 1. The number of rotatable bonds is 1. The van der Waals surface area contributed by atoms with E-state index in [1.165, 1.54) is 36.8 Å². The second-order valence-corrected chi connectivity index (χ2v) is 6.44. The summed E-state index contributed by atoms with van der Waals surface area (Å²) in [6, 6.07) is 6.39. The number of aliphatic hydroxyl groups is 1. The molecule has 0 saturated carbocycles. The summed E-state index contributed by atoms with van der Waals surface area (Å²) in [5.41, 5.74) is 8.25. The highest BCUT2D eigenvalue weighted by Crippen LogP contribution is 2.24. The lowest BCUT2D eigenvalue weighted by atomic mass is 9.90. The average molecular weight is 293 g/mol. The van der Waals surface area contributed by atoms with Crippen LogP contribution in [0.5, 0.6) is 0 Å². The monoisotopic (exact) mass is 293 g/mol. The zero-order valence-electron chi connectivity index (χ0n) is 13.5. The number of nitrogens with two attached hydrogens (primary N) is 1. The number of aryl methyl sites for hydroxylation is 2. The molecule has 0 saturated heterocycles. The first-order valence-corrected chi connectivity index (χ1v) is 7.47. The molecule has 0 heterocycles. The van der Waals surface area contributed by atoms with Crippen LogP contribution in [0.4, 0.5) is 4.79 Å². The number of carbonyl (C=O) groups excluding carboxylic acids is 1. The van der Waals surface area contributed by atoms with Crippen LogP contribution in [0.2, 0.25) is 0 Å². The molecule has 0 aliphatic heterocycles. The number of primary amides is 1. The van der Waals surface area contributed by atoms with Crippen molar-refractivity contribution >= 4 is 6.09 Å². The largest absolute Gasteiger partial charge is 0.444 e. The molecule has 0 fully saturated rings. The standard InChI is InChI=1S/C12H16O.C5H11NO2/c1-9(13)11-7-6-10-4-2-3-5-12(10)8-11;1-5(2,3)8-4(6)7/h6-9,13H,2-5H2,1H3;1-3H3,(H2,6,7). The fraction of sp³-hybridized carbons (Fsp3) is 0.588. The van der Waals surface area contributed by atoms with Gasteiger partial charge in [0, 0.05) is 0 Å². The van der Waals surface area contributed by atoms with Gasteiger partial charge in [-0.05, 0) is 70.1 Å². The fourth-order valence-electron chi connectivity index (χ4n) is 2.32. The number of amides is 1. The minimum Gasteiger partial charge on any atom is -0.444 e. The highest BCUT2D eigenvalue weighted by Gasteiger charge is 2.12.